The van der Waals surface area contributed by atoms with Gasteiger partial charge in [0, 0.05) is 18.0 Å². The van der Waals surface area contributed by atoms with Crippen molar-refractivity contribution in [2.24, 2.45) is 5.41 Å². The van der Waals surface area contributed by atoms with Crippen LogP contribution in [-0.2, 0) is 19.4 Å². The van der Waals surface area contributed by atoms with Crippen LogP contribution in [0, 0.1) is 16.7 Å². The first-order chi connectivity index (χ1) is 16.2. The summed E-state index contributed by atoms with van der Waals surface area (Å²) in [6.45, 7) is -0.626. The van der Waals surface area contributed by atoms with Gasteiger partial charge in [0.25, 0.3) is 0 Å². The maximum absolute atomic E-state index is 13.9. The number of hydrogen-bond acceptors (Lipinski definition) is 6. The van der Waals surface area contributed by atoms with Crippen LogP contribution in [0.5, 0.6) is 0 Å². The van der Waals surface area contributed by atoms with Gasteiger partial charge >= 0.3 is 12.3 Å². The molecule has 1 aliphatic heterocycles. The predicted molar refractivity (Wildman–Crippen MR) is 117 cm³/mol. The molecule has 14 heteroatoms. The van der Waals surface area contributed by atoms with Crippen molar-refractivity contribution in [2.45, 2.75) is 66.6 Å². The number of amides is 2. The van der Waals surface area contributed by atoms with E-state index in [1.54, 1.807) is 0 Å². The number of carbonyl (C=O) groups is 2. The number of likely N-dealkylation sites (tertiary alicyclic amines) is 1. The lowest BCUT2D eigenvalue weighted by molar-refractivity contribution is -0.250. The van der Waals surface area contributed by atoms with Crippen LogP contribution >= 0.6 is 23.2 Å². The van der Waals surface area contributed by atoms with Gasteiger partial charge in [-0.2, -0.15) is 18.4 Å². The molecule has 1 aromatic rings. The molecule has 2 saturated carbocycles. The second-order valence-corrected chi connectivity index (χ2v) is 12.1. The summed E-state index contributed by atoms with van der Waals surface area (Å²) < 4.78 is 73.4. The summed E-state index contributed by atoms with van der Waals surface area (Å²) in [7, 11) is -4.25. The standard InChI is InChI=1S/C21H20Cl2F3N3O5S/c22-12-2-3-15(14(23)8-12)35(32,33)13-9-16(34-18(31)28-19(11-27)6-7-19)29(10-13)17(30)20(4-1-5-20)21(24,25)26/h2-3,8,13,16H,1,4-7,9-10H2,(H,28,31)/t13-,16+/m1/s1. The van der Waals surface area contributed by atoms with Crippen LogP contribution in [0.4, 0.5) is 18.0 Å². The number of nitriles is 1. The third-order valence-corrected chi connectivity index (χ3v) is 9.67. The zero-order valence-corrected chi connectivity index (χ0v) is 20.4. The van der Waals surface area contributed by atoms with E-state index in [1.165, 1.54) is 18.2 Å². The zero-order chi connectivity index (χ0) is 25.8. The van der Waals surface area contributed by atoms with Gasteiger partial charge in [-0.3, -0.25) is 4.79 Å². The maximum Gasteiger partial charge on any atom is 0.410 e. The van der Waals surface area contributed by atoms with Crippen LogP contribution in [0.3, 0.4) is 0 Å². The van der Waals surface area contributed by atoms with Gasteiger partial charge in [-0.25, -0.2) is 13.2 Å². The van der Waals surface area contributed by atoms with Gasteiger partial charge in [0.1, 0.15) is 11.0 Å². The molecule has 35 heavy (non-hydrogen) atoms. The van der Waals surface area contributed by atoms with E-state index in [4.69, 9.17) is 33.2 Å². The molecule has 0 radical (unpaired) electrons. The molecule has 3 fully saturated rings. The number of nitrogens with one attached hydrogen (secondary N) is 1. The van der Waals surface area contributed by atoms with Gasteiger partial charge in [-0.15, -0.1) is 0 Å². The highest BCUT2D eigenvalue weighted by Crippen LogP contribution is 2.55. The monoisotopic (exact) mass is 553 g/mol. The van der Waals surface area contributed by atoms with Crippen LogP contribution < -0.4 is 5.32 Å². The fourth-order valence-corrected chi connectivity index (χ4v) is 6.81. The Morgan fingerprint density at radius 1 is 1.20 bits per heavy atom. The Hall–Kier alpha value is -2.23. The lowest BCUT2D eigenvalue weighted by Gasteiger charge is -2.44. The van der Waals surface area contributed by atoms with E-state index >= 15 is 0 Å². The second kappa shape index (κ2) is 8.71. The fraction of sp³-hybridized carbons (Fsp3) is 0.571. The van der Waals surface area contributed by atoms with Crippen molar-refractivity contribution in [1.82, 2.24) is 10.2 Å². The van der Waals surface area contributed by atoms with Crippen molar-refractivity contribution < 1.29 is 35.9 Å². The third kappa shape index (κ3) is 4.54. The molecule has 0 bridgehead atoms. The van der Waals surface area contributed by atoms with Crippen LogP contribution in [0.25, 0.3) is 0 Å². The Morgan fingerprint density at radius 2 is 1.86 bits per heavy atom. The number of benzene rings is 1. The van der Waals surface area contributed by atoms with E-state index < -0.39 is 76.3 Å². The first kappa shape index (κ1) is 25.9. The third-order valence-electron chi connectivity index (χ3n) is 6.82. The van der Waals surface area contributed by atoms with Crippen LogP contribution in [-0.4, -0.2) is 55.1 Å². The lowest BCUT2D eigenvalue weighted by Crippen LogP contribution is -2.58. The minimum atomic E-state index is -4.86. The topological polar surface area (TPSA) is 117 Å². The molecule has 2 atom stereocenters. The number of sulfone groups is 1. The highest BCUT2D eigenvalue weighted by Gasteiger charge is 2.66. The molecule has 2 amide bonds. The van der Waals surface area contributed by atoms with E-state index in [0.29, 0.717) is 17.7 Å². The van der Waals surface area contributed by atoms with Gasteiger partial charge in [0.2, 0.25) is 5.91 Å². The Morgan fingerprint density at radius 3 is 2.34 bits per heavy atom. The second-order valence-electron chi connectivity index (χ2n) is 9.05. The Balaban J connectivity index is 1.63. The summed E-state index contributed by atoms with van der Waals surface area (Å²) in [6, 6.07) is 5.58. The van der Waals surface area contributed by atoms with Crippen molar-refractivity contribution in [2.75, 3.05) is 6.54 Å². The van der Waals surface area contributed by atoms with Crippen LogP contribution in [0.15, 0.2) is 23.1 Å². The molecule has 8 nitrogen and oxygen atoms in total. The molecule has 2 aliphatic carbocycles. The first-order valence-electron chi connectivity index (χ1n) is 10.7. The normalized spacial score (nSPS) is 24.7. The average molecular weight is 554 g/mol. The van der Waals surface area contributed by atoms with Gasteiger partial charge in [-0.05, 0) is 43.9 Å². The largest absolute Gasteiger partial charge is 0.425 e. The summed E-state index contributed by atoms with van der Waals surface area (Å²) in [5.74, 6) is -1.34. The number of rotatable bonds is 5. The van der Waals surface area contributed by atoms with Crippen molar-refractivity contribution in [3.63, 3.8) is 0 Å². The summed E-state index contributed by atoms with van der Waals surface area (Å²) in [5.41, 5.74) is -3.79. The smallest absolute Gasteiger partial charge is 0.410 e. The Kier molecular flexibility index (Phi) is 6.43. The average Bonchev–Trinajstić information content (AvgIpc) is 3.34. The molecular weight excluding hydrogens is 534 g/mol. The molecule has 1 heterocycles. The summed E-state index contributed by atoms with van der Waals surface area (Å²) in [6.07, 6.45) is -7.99. The molecule has 0 spiro atoms. The van der Waals surface area contributed by atoms with Crippen molar-refractivity contribution >= 4 is 45.0 Å². The quantitative estimate of drug-likeness (QED) is 0.583. The molecule has 0 unspecified atom stereocenters. The molecule has 0 aromatic heterocycles. The van der Waals surface area contributed by atoms with E-state index in [0.717, 1.165) is 0 Å². The van der Waals surface area contributed by atoms with Gasteiger partial charge in [0.15, 0.2) is 16.1 Å². The lowest BCUT2D eigenvalue weighted by atomic mass is 9.67. The molecule has 4 rings (SSSR count). The number of halogens is 5. The number of alkyl carbamates (subject to hydrolysis) is 1. The highest BCUT2D eigenvalue weighted by molar-refractivity contribution is 7.92. The predicted octanol–water partition coefficient (Wildman–Crippen LogP) is 4.21. The number of alkyl halides is 3. The van der Waals surface area contributed by atoms with E-state index in [2.05, 4.69) is 5.32 Å². The number of hydrogen-bond donors (Lipinski definition) is 1. The Labute approximate surface area is 209 Å². The SMILES string of the molecule is N#CC1(NC(=O)O[C@H]2C[C@@H](S(=O)(=O)c3ccc(Cl)cc3Cl)CN2C(=O)C2(C(F)(F)F)CCC2)CC1. The zero-order valence-electron chi connectivity index (χ0n) is 18.1. The van der Waals surface area contributed by atoms with Crippen molar-refractivity contribution in [3.05, 3.63) is 28.2 Å². The number of ether oxygens (including phenoxy) is 1. The van der Waals surface area contributed by atoms with E-state index in [9.17, 15) is 31.2 Å². The minimum Gasteiger partial charge on any atom is -0.425 e. The van der Waals surface area contributed by atoms with Crippen molar-refractivity contribution in [1.29, 1.82) is 5.26 Å². The first-order valence-corrected chi connectivity index (χ1v) is 13.0. The molecule has 190 valence electrons. The number of carbonyl (C=O) groups excluding carboxylic acids is 2. The highest BCUT2D eigenvalue weighted by atomic mass is 35.5. The van der Waals surface area contributed by atoms with Gasteiger partial charge in [-0.1, -0.05) is 29.6 Å². The molecule has 3 aliphatic rings. The molecule has 1 N–H and O–H groups in total. The van der Waals surface area contributed by atoms with Crippen molar-refractivity contribution in [3.8, 4) is 6.07 Å². The van der Waals surface area contributed by atoms with Crippen LogP contribution in [0.2, 0.25) is 10.0 Å². The molecular formula is C21H20Cl2F3N3O5S. The number of nitrogens with zero attached hydrogens (tertiary/aromatic N) is 2. The fourth-order valence-electron chi connectivity index (χ4n) is 4.36. The summed E-state index contributed by atoms with van der Waals surface area (Å²) in [4.78, 5) is 25.9. The van der Waals surface area contributed by atoms with Crippen LogP contribution in [0.1, 0.15) is 38.5 Å². The van der Waals surface area contributed by atoms with E-state index in [1.807, 2.05) is 6.07 Å². The Bertz CT molecular complexity index is 1210. The molecule has 1 saturated heterocycles. The molecule has 1 aromatic carbocycles. The summed E-state index contributed by atoms with van der Waals surface area (Å²) >= 11 is 11.9. The summed E-state index contributed by atoms with van der Waals surface area (Å²) in [5, 5.41) is 10.1. The minimum absolute atomic E-state index is 0.178. The van der Waals surface area contributed by atoms with Gasteiger partial charge < -0.3 is 15.0 Å². The maximum atomic E-state index is 13.9. The van der Waals surface area contributed by atoms with E-state index in [-0.39, 0.29) is 21.4 Å². The van der Waals surface area contributed by atoms with Gasteiger partial charge in [0.05, 0.1) is 21.2 Å².